The molecule has 1 nitrogen and oxygen atoms in total. The van der Waals surface area contributed by atoms with Gasteiger partial charge in [-0.15, -0.1) is 0 Å². The molecule has 0 radical (unpaired) electrons. The number of hydrogen-bond donors (Lipinski definition) is 1. The second-order valence-corrected chi connectivity index (χ2v) is 3.24. The van der Waals surface area contributed by atoms with Gasteiger partial charge in [-0.25, -0.2) is 8.78 Å². The van der Waals surface area contributed by atoms with E-state index in [1.54, 1.807) is 13.1 Å². The molecule has 3 heteroatoms. The van der Waals surface area contributed by atoms with Gasteiger partial charge in [0.2, 0.25) is 0 Å². The molecule has 0 spiro atoms. The standard InChI is InChI=1S/C10H13F2N/c1-10(12,7-13-2)8-4-3-5-9(11)6-8/h3-6,13H,7H2,1-2H3. The Morgan fingerprint density at radius 2 is 2.15 bits per heavy atom. The highest BCUT2D eigenvalue weighted by Gasteiger charge is 2.24. The Hall–Kier alpha value is -0.960. The molecule has 13 heavy (non-hydrogen) atoms. The third-order valence-electron chi connectivity index (χ3n) is 1.94. The van der Waals surface area contributed by atoms with E-state index in [1.165, 1.54) is 25.1 Å². The monoisotopic (exact) mass is 185 g/mol. The Morgan fingerprint density at radius 1 is 1.46 bits per heavy atom. The zero-order chi connectivity index (χ0) is 9.90. The van der Waals surface area contributed by atoms with Crippen LogP contribution < -0.4 is 5.32 Å². The molecule has 0 saturated carbocycles. The summed E-state index contributed by atoms with van der Waals surface area (Å²) in [4.78, 5) is 0. The van der Waals surface area contributed by atoms with Crippen molar-refractivity contribution in [3.8, 4) is 0 Å². The highest BCUT2D eigenvalue weighted by atomic mass is 19.1. The number of alkyl halides is 1. The minimum atomic E-state index is -1.52. The van der Waals surface area contributed by atoms with E-state index in [9.17, 15) is 8.78 Å². The lowest BCUT2D eigenvalue weighted by Gasteiger charge is -2.20. The third kappa shape index (κ3) is 2.49. The SMILES string of the molecule is CNCC(C)(F)c1cccc(F)c1. The lowest BCUT2D eigenvalue weighted by molar-refractivity contribution is 0.190. The van der Waals surface area contributed by atoms with Gasteiger partial charge in [-0.2, -0.15) is 0 Å². The first-order valence-corrected chi connectivity index (χ1v) is 4.16. The fourth-order valence-electron chi connectivity index (χ4n) is 1.25. The molecule has 0 fully saturated rings. The molecule has 1 atom stereocenters. The van der Waals surface area contributed by atoms with Crippen LogP contribution in [0.5, 0.6) is 0 Å². The minimum Gasteiger partial charge on any atom is -0.316 e. The van der Waals surface area contributed by atoms with E-state index >= 15 is 0 Å². The van der Waals surface area contributed by atoms with Crippen molar-refractivity contribution >= 4 is 0 Å². The van der Waals surface area contributed by atoms with E-state index < -0.39 is 11.5 Å². The van der Waals surface area contributed by atoms with Crippen LogP contribution >= 0.6 is 0 Å². The molecule has 0 bridgehead atoms. The van der Waals surface area contributed by atoms with E-state index in [0.717, 1.165) is 0 Å². The Bertz CT molecular complexity index is 284. The van der Waals surface area contributed by atoms with Gasteiger partial charge in [0.1, 0.15) is 11.5 Å². The summed E-state index contributed by atoms with van der Waals surface area (Å²) < 4.78 is 26.5. The molecule has 0 amide bonds. The molecule has 1 aromatic rings. The fourth-order valence-corrected chi connectivity index (χ4v) is 1.25. The summed E-state index contributed by atoms with van der Waals surface area (Å²) in [6.45, 7) is 1.61. The van der Waals surface area contributed by atoms with Crippen molar-refractivity contribution in [2.24, 2.45) is 0 Å². The lowest BCUT2D eigenvalue weighted by Crippen LogP contribution is -2.29. The summed E-state index contributed by atoms with van der Waals surface area (Å²) in [6.07, 6.45) is 0. The van der Waals surface area contributed by atoms with Crippen LogP contribution in [0.2, 0.25) is 0 Å². The second kappa shape index (κ2) is 3.83. The Kier molecular flexibility index (Phi) is 2.98. The van der Waals surface area contributed by atoms with Gasteiger partial charge < -0.3 is 5.32 Å². The van der Waals surface area contributed by atoms with Crippen LogP contribution in [-0.4, -0.2) is 13.6 Å². The number of halogens is 2. The summed E-state index contributed by atoms with van der Waals surface area (Å²) in [5.74, 6) is -0.405. The van der Waals surface area contributed by atoms with Crippen molar-refractivity contribution < 1.29 is 8.78 Å². The smallest absolute Gasteiger partial charge is 0.145 e. The highest BCUT2D eigenvalue weighted by Crippen LogP contribution is 2.24. The molecule has 72 valence electrons. The molecule has 1 unspecified atom stereocenters. The second-order valence-electron chi connectivity index (χ2n) is 3.24. The Balaban J connectivity index is 2.93. The van der Waals surface area contributed by atoms with Crippen LogP contribution in [0.15, 0.2) is 24.3 Å². The zero-order valence-corrected chi connectivity index (χ0v) is 7.77. The van der Waals surface area contributed by atoms with Gasteiger partial charge in [0.25, 0.3) is 0 Å². The summed E-state index contributed by atoms with van der Waals surface area (Å²) in [5.41, 5.74) is -1.15. The van der Waals surface area contributed by atoms with Crippen molar-refractivity contribution in [3.05, 3.63) is 35.6 Å². The van der Waals surface area contributed by atoms with E-state index in [2.05, 4.69) is 5.32 Å². The van der Waals surface area contributed by atoms with Crippen molar-refractivity contribution in [2.45, 2.75) is 12.6 Å². The van der Waals surface area contributed by atoms with Gasteiger partial charge in [0.05, 0.1) is 0 Å². The van der Waals surface area contributed by atoms with Crippen LogP contribution in [0, 0.1) is 5.82 Å². The molecule has 0 saturated heterocycles. The summed E-state index contributed by atoms with van der Waals surface area (Å²) >= 11 is 0. The number of hydrogen-bond acceptors (Lipinski definition) is 1. The molecular formula is C10H13F2N. The summed E-state index contributed by atoms with van der Waals surface area (Å²) in [7, 11) is 1.66. The fraction of sp³-hybridized carbons (Fsp3) is 0.400. The van der Waals surface area contributed by atoms with Gasteiger partial charge in [0, 0.05) is 6.54 Å². The zero-order valence-electron chi connectivity index (χ0n) is 7.77. The maximum Gasteiger partial charge on any atom is 0.145 e. The molecule has 1 rings (SSSR count). The first-order chi connectivity index (χ1) is 6.06. The Labute approximate surface area is 76.8 Å². The molecule has 0 aliphatic rings. The number of likely N-dealkylation sites (N-methyl/N-ethyl adjacent to an activating group) is 1. The maximum absolute atomic E-state index is 13.8. The Morgan fingerprint density at radius 3 is 2.69 bits per heavy atom. The van der Waals surface area contributed by atoms with Gasteiger partial charge in [-0.3, -0.25) is 0 Å². The first-order valence-electron chi connectivity index (χ1n) is 4.16. The van der Waals surface area contributed by atoms with Crippen LogP contribution in [-0.2, 0) is 5.67 Å². The average Bonchev–Trinajstić information content (AvgIpc) is 2.04. The van der Waals surface area contributed by atoms with Crippen molar-refractivity contribution in [1.82, 2.24) is 5.32 Å². The van der Waals surface area contributed by atoms with E-state index in [4.69, 9.17) is 0 Å². The van der Waals surface area contributed by atoms with E-state index in [1.807, 2.05) is 0 Å². The number of benzene rings is 1. The quantitative estimate of drug-likeness (QED) is 0.761. The van der Waals surface area contributed by atoms with Crippen molar-refractivity contribution in [3.63, 3.8) is 0 Å². The molecule has 1 aromatic carbocycles. The predicted molar refractivity (Wildman–Crippen MR) is 48.8 cm³/mol. The predicted octanol–water partition coefficient (Wildman–Crippen LogP) is 2.23. The normalized spacial score (nSPS) is 15.4. The van der Waals surface area contributed by atoms with Crippen LogP contribution in [0.3, 0.4) is 0 Å². The molecule has 0 aromatic heterocycles. The summed E-state index contributed by atoms with van der Waals surface area (Å²) in [6, 6.07) is 5.62. The molecule has 0 heterocycles. The maximum atomic E-state index is 13.8. The van der Waals surface area contributed by atoms with Crippen LogP contribution in [0.4, 0.5) is 8.78 Å². The molecule has 0 aliphatic heterocycles. The van der Waals surface area contributed by atoms with E-state index in [-0.39, 0.29) is 6.54 Å². The number of rotatable bonds is 3. The minimum absolute atomic E-state index is 0.177. The topological polar surface area (TPSA) is 12.0 Å². The van der Waals surface area contributed by atoms with Crippen molar-refractivity contribution in [1.29, 1.82) is 0 Å². The molecular weight excluding hydrogens is 172 g/mol. The molecule has 0 aliphatic carbocycles. The summed E-state index contributed by atoms with van der Waals surface area (Å²) in [5, 5.41) is 2.73. The largest absolute Gasteiger partial charge is 0.316 e. The lowest BCUT2D eigenvalue weighted by atomic mass is 9.98. The third-order valence-corrected chi connectivity index (χ3v) is 1.94. The van der Waals surface area contributed by atoms with Crippen LogP contribution in [0.1, 0.15) is 12.5 Å². The van der Waals surface area contributed by atoms with Gasteiger partial charge in [0.15, 0.2) is 0 Å². The average molecular weight is 185 g/mol. The van der Waals surface area contributed by atoms with Crippen molar-refractivity contribution in [2.75, 3.05) is 13.6 Å². The molecule has 1 N–H and O–H groups in total. The van der Waals surface area contributed by atoms with Crippen LogP contribution in [0.25, 0.3) is 0 Å². The highest BCUT2D eigenvalue weighted by molar-refractivity contribution is 5.23. The number of nitrogens with one attached hydrogen (secondary N) is 1. The van der Waals surface area contributed by atoms with E-state index in [0.29, 0.717) is 5.56 Å². The van der Waals surface area contributed by atoms with Gasteiger partial charge >= 0.3 is 0 Å². The first kappa shape index (κ1) is 10.1. The van der Waals surface area contributed by atoms with Gasteiger partial charge in [-0.05, 0) is 31.7 Å². The van der Waals surface area contributed by atoms with Gasteiger partial charge in [-0.1, -0.05) is 12.1 Å².